The first-order valence-corrected chi connectivity index (χ1v) is 5.94. The Labute approximate surface area is 108 Å². The van der Waals surface area contributed by atoms with E-state index in [0.29, 0.717) is 29.7 Å². The number of methoxy groups -OCH3 is 1. The monoisotopic (exact) mass is 305 g/mol. The Balaban J connectivity index is 2.61. The molecule has 7 heteroatoms. The maximum atomic E-state index is 11.2. The fraction of sp³-hybridized carbons (Fsp3) is 0.600. The van der Waals surface area contributed by atoms with Crippen molar-refractivity contribution in [3.8, 4) is 0 Å². The molecule has 0 bridgehead atoms. The van der Waals surface area contributed by atoms with Crippen LogP contribution in [0.15, 0.2) is 15.5 Å². The lowest BCUT2D eigenvalue weighted by molar-refractivity contribution is 0.0357. The third kappa shape index (κ3) is 4.45. The minimum atomic E-state index is -0.905. The van der Waals surface area contributed by atoms with Crippen LogP contribution in [0.1, 0.15) is 13.3 Å². The molecule has 0 aliphatic rings. The molecule has 0 radical (unpaired) electrons. The molecule has 1 aromatic rings. The molecule has 1 heterocycles. The molecule has 1 unspecified atom stereocenters. The summed E-state index contributed by atoms with van der Waals surface area (Å²) in [5.74, 6) is 0. The highest BCUT2D eigenvalue weighted by atomic mass is 79.9. The number of H-pyrrole nitrogens is 1. The number of rotatable bonds is 6. The summed E-state index contributed by atoms with van der Waals surface area (Å²) in [6.07, 6.45) is 1.99. The van der Waals surface area contributed by atoms with Crippen LogP contribution in [0.5, 0.6) is 0 Å². The van der Waals surface area contributed by atoms with Crippen LogP contribution in [-0.2, 0) is 4.74 Å². The Morgan fingerprint density at radius 1 is 1.71 bits per heavy atom. The fourth-order valence-corrected chi connectivity index (χ4v) is 1.53. The van der Waals surface area contributed by atoms with Gasteiger partial charge in [-0.2, -0.15) is 5.10 Å². The van der Waals surface area contributed by atoms with Crippen molar-refractivity contribution in [1.82, 2.24) is 10.2 Å². The average Bonchev–Trinajstić information content (AvgIpc) is 2.29. The SMILES string of the molecule is COCCC(C)(O)CNc1cn[nH]c(=O)c1Br. The Hall–Kier alpha value is -0.920. The zero-order chi connectivity index (χ0) is 12.9. The number of aromatic nitrogens is 2. The van der Waals surface area contributed by atoms with Crippen LogP contribution in [0.4, 0.5) is 5.69 Å². The number of nitrogens with zero attached hydrogens (tertiary/aromatic N) is 1. The molecule has 0 aliphatic carbocycles. The third-order valence-electron chi connectivity index (χ3n) is 2.30. The summed E-state index contributed by atoms with van der Waals surface area (Å²) in [6, 6.07) is 0. The Kier molecular flexibility index (Phi) is 5.10. The molecular weight excluding hydrogens is 290 g/mol. The zero-order valence-corrected chi connectivity index (χ0v) is 11.4. The summed E-state index contributed by atoms with van der Waals surface area (Å²) in [6.45, 7) is 2.48. The van der Waals surface area contributed by atoms with Gasteiger partial charge in [-0.3, -0.25) is 4.79 Å². The van der Waals surface area contributed by atoms with Gasteiger partial charge in [0.25, 0.3) is 5.56 Å². The number of aromatic amines is 1. The van der Waals surface area contributed by atoms with Crippen molar-refractivity contribution in [2.45, 2.75) is 18.9 Å². The van der Waals surface area contributed by atoms with Gasteiger partial charge in [0.2, 0.25) is 0 Å². The van der Waals surface area contributed by atoms with Gasteiger partial charge in [0.15, 0.2) is 0 Å². The molecule has 1 aromatic heterocycles. The van der Waals surface area contributed by atoms with Gasteiger partial charge in [-0.05, 0) is 22.9 Å². The second kappa shape index (κ2) is 6.13. The Bertz CT molecular complexity index is 420. The molecular formula is C10H16BrN3O3. The molecule has 0 fully saturated rings. The lowest BCUT2D eigenvalue weighted by Crippen LogP contribution is -2.35. The van der Waals surface area contributed by atoms with E-state index in [1.54, 1.807) is 14.0 Å². The minimum absolute atomic E-state index is 0.306. The highest BCUT2D eigenvalue weighted by Crippen LogP contribution is 2.17. The molecule has 0 saturated carbocycles. The molecule has 1 atom stereocenters. The first kappa shape index (κ1) is 14.1. The van der Waals surface area contributed by atoms with Crippen LogP contribution < -0.4 is 10.9 Å². The molecule has 0 amide bonds. The first-order chi connectivity index (χ1) is 7.96. The van der Waals surface area contributed by atoms with Crippen LogP contribution in [0, 0.1) is 0 Å². The van der Waals surface area contributed by atoms with Gasteiger partial charge in [-0.1, -0.05) is 0 Å². The van der Waals surface area contributed by atoms with Crippen molar-refractivity contribution in [3.05, 3.63) is 21.0 Å². The van der Waals surface area contributed by atoms with Crippen LogP contribution >= 0.6 is 15.9 Å². The molecule has 6 nitrogen and oxygen atoms in total. The van der Waals surface area contributed by atoms with E-state index in [2.05, 4.69) is 31.4 Å². The topological polar surface area (TPSA) is 87.2 Å². The molecule has 0 saturated heterocycles. The van der Waals surface area contributed by atoms with E-state index >= 15 is 0 Å². The predicted octanol–water partition coefficient (Wildman–Crippen LogP) is 0.732. The van der Waals surface area contributed by atoms with E-state index in [1.807, 2.05) is 0 Å². The van der Waals surface area contributed by atoms with Gasteiger partial charge in [0.05, 0.1) is 17.5 Å². The molecule has 0 aromatic carbocycles. The fourth-order valence-electron chi connectivity index (χ4n) is 1.20. The maximum Gasteiger partial charge on any atom is 0.280 e. The Morgan fingerprint density at radius 3 is 3.06 bits per heavy atom. The van der Waals surface area contributed by atoms with Crippen LogP contribution in [-0.4, -0.2) is 41.2 Å². The van der Waals surface area contributed by atoms with Crippen molar-refractivity contribution in [1.29, 1.82) is 0 Å². The summed E-state index contributed by atoms with van der Waals surface area (Å²) in [5, 5.41) is 18.9. The van der Waals surface area contributed by atoms with Crippen molar-refractivity contribution in [3.63, 3.8) is 0 Å². The maximum absolute atomic E-state index is 11.2. The normalized spacial score (nSPS) is 14.4. The summed E-state index contributed by atoms with van der Waals surface area (Å²) in [7, 11) is 1.58. The number of halogens is 1. The van der Waals surface area contributed by atoms with E-state index in [9.17, 15) is 9.90 Å². The molecule has 1 rings (SSSR count). The minimum Gasteiger partial charge on any atom is -0.388 e. The number of nitrogens with one attached hydrogen (secondary N) is 2. The van der Waals surface area contributed by atoms with Crippen molar-refractivity contribution in [2.75, 3.05) is 25.6 Å². The molecule has 96 valence electrons. The Morgan fingerprint density at radius 2 is 2.41 bits per heavy atom. The van der Waals surface area contributed by atoms with Gasteiger partial charge in [-0.25, -0.2) is 5.10 Å². The summed E-state index contributed by atoms with van der Waals surface area (Å²) >= 11 is 3.15. The molecule has 0 spiro atoms. The number of hydrogen-bond donors (Lipinski definition) is 3. The second-order valence-corrected chi connectivity index (χ2v) is 4.81. The lowest BCUT2D eigenvalue weighted by atomic mass is 10.0. The smallest absolute Gasteiger partial charge is 0.280 e. The number of hydrogen-bond acceptors (Lipinski definition) is 5. The van der Waals surface area contributed by atoms with Crippen LogP contribution in [0.3, 0.4) is 0 Å². The first-order valence-electron chi connectivity index (χ1n) is 5.14. The van der Waals surface area contributed by atoms with E-state index < -0.39 is 5.60 Å². The third-order valence-corrected chi connectivity index (χ3v) is 3.09. The average molecular weight is 306 g/mol. The van der Waals surface area contributed by atoms with Crippen molar-refractivity contribution >= 4 is 21.6 Å². The number of aliphatic hydroxyl groups is 1. The standard InChI is InChI=1S/C10H16BrN3O3/c1-10(16,3-4-17-2)6-12-7-5-13-14-9(15)8(7)11/h5,16H,3-4,6H2,1-2H3,(H2,12,14,15). The second-order valence-electron chi connectivity index (χ2n) is 4.02. The van der Waals surface area contributed by atoms with E-state index in [-0.39, 0.29) is 5.56 Å². The molecule has 0 aliphatic heterocycles. The number of anilines is 1. The van der Waals surface area contributed by atoms with Gasteiger partial charge in [-0.15, -0.1) is 0 Å². The number of ether oxygens (including phenoxy) is 1. The van der Waals surface area contributed by atoms with Gasteiger partial charge in [0.1, 0.15) is 4.47 Å². The summed E-state index contributed by atoms with van der Waals surface area (Å²) < 4.78 is 5.28. The molecule has 3 N–H and O–H groups in total. The van der Waals surface area contributed by atoms with Crippen molar-refractivity contribution in [2.24, 2.45) is 0 Å². The quantitative estimate of drug-likeness (QED) is 0.721. The van der Waals surface area contributed by atoms with Crippen LogP contribution in [0.25, 0.3) is 0 Å². The largest absolute Gasteiger partial charge is 0.388 e. The molecule has 17 heavy (non-hydrogen) atoms. The van der Waals surface area contributed by atoms with E-state index in [1.165, 1.54) is 6.20 Å². The van der Waals surface area contributed by atoms with Gasteiger partial charge in [0, 0.05) is 26.7 Å². The highest BCUT2D eigenvalue weighted by molar-refractivity contribution is 9.10. The van der Waals surface area contributed by atoms with Crippen LogP contribution in [0.2, 0.25) is 0 Å². The van der Waals surface area contributed by atoms with E-state index in [4.69, 9.17) is 4.74 Å². The highest BCUT2D eigenvalue weighted by Gasteiger charge is 2.20. The summed E-state index contributed by atoms with van der Waals surface area (Å²) in [4.78, 5) is 11.2. The van der Waals surface area contributed by atoms with E-state index in [0.717, 1.165) is 0 Å². The predicted molar refractivity (Wildman–Crippen MR) is 68.2 cm³/mol. The van der Waals surface area contributed by atoms with Gasteiger partial charge >= 0.3 is 0 Å². The summed E-state index contributed by atoms with van der Waals surface area (Å²) in [5.41, 5.74) is -0.670. The lowest BCUT2D eigenvalue weighted by Gasteiger charge is -2.23. The van der Waals surface area contributed by atoms with Crippen molar-refractivity contribution < 1.29 is 9.84 Å². The van der Waals surface area contributed by atoms with Gasteiger partial charge < -0.3 is 15.2 Å². The zero-order valence-electron chi connectivity index (χ0n) is 9.79.